The number of carboxylic acid groups (broad SMARTS) is 1. The molecule has 6 nitrogen and oxygen atoms in total. The number of halogens is 3. The molecule has 0 heterocycles. The Kier molecular flexibility index (Phi) is 8.95. The summed E-state index contributed by atoms with van der Waals surface area (Å²) in [7, 11) is 0. The lowest BCUT2D eigenvalue weighted by molar-refractivity contribution is -0.138. The van der Waals surface area contributed by atoms with E-state index < -0.39 is 17.9 Å². The molecule has 0 aliphatic carbocycles. The molecule has 154 valence electrons. The number of hydrogen-bond donors (Lipinski definition) is 3. The first-order valence-electron chi connectivity index (χ1n) is 8.72. The van der Waals surface area contributed by atoms with E-state index in [0.29, 0.717) is 10.0 Å². The minimum Gasteiger partial charge on any atom is -0.481 e. The molecule has 1 atom stereocenters. The second-order valence-electron chi connectivity index (χ2n) is 6.32. The van der Waals surface area contributed by atoms with Gasteiger partial charge in [-0.2, -0.15) is 0 Å². The van der Waals surface area contributed by atoms with Gasteiger partial charge < -0.3 is 15.7 Å². The Labute approximate surface area is 186 Å². The summed E-state index contributed by atoms with van der Waals surface area (Å²) in [6.07, 6.45) is -0.186. The average Bonchev–Trinajstić information content (AvgIpc) is 2.67. The van der Waals surface area contributed by atoms with Gasteiger partial charge in [0.05, 0.1) is 16.5 Å². The van der Waals surface area contributed by atoms with E-state index in [4.69, 9.17) is 28.3 Å². The molecule has 2 rings (SSSR count). The van der Waals surface area contributed by atoms with Gasteiger partial charge in [-0.05, 0) is 41.8 Å². The van der Waals surface area contributed by atoms with Crippen molar-refractivity contribution in [2.75, 3.05) is 0 Å². The van der Waals surface area contributed by atoms with Crippen LogP contribution in [0, 0.1) is 0 Å². The zero-order valence-electron chi connectivity index (χ0n) is 15.3. The molecule has 29 heavy (non-hydrogen) atoms. The van der Waals surface area contributed by atoms with Crippen LogP contribution in [0.2, 0.25) is 10.0 Å². The van der Waals surface area contributed by atoms with E-state index in [1.807, 2.05) is 12.1 Å². The Balaban J connectivity index is 1.98. The van der Waals surface area contributed by atoms with Crippen molar-refractivity contribution in [2.45, 2.75) is 31.8 Å². The Morgan fingerprint density at radius 3 is 2.28 bits per heavy atom. The van der Waals surface area contributed by atoms with Gasteiger partial charge in [0.1, 0.15) is 6.04 Å². The van der Waals surface area contributed by atoms with Crippen molar-refractivity contribution in [2.24, 2.45) is 0 Å². The molecule has 0 unspecified atom stereocenters. The summed E-state index contributed by atoms with van der Waals surface area (Å²) >= 11 is 15.2. The molecule has 0 aliphatic heterocycles. The van der Waals surface area contributed by atoms with Crippen LogP contribution in [0.25, 0.3) is 0 Å². The molecule has 3 N–H and O–H groups in total. The number of amides is 2. The molecular formula is C20H19BrCl2N2O4. The lowest BCUT2D eigenvalue weighted by Crippen LogP contribution is -2.47. The Hall–Kier alpha value is -2.09. The molecule has 0 fully saturated rings. The van der Waals surface area contributed by atoms with Gasteiger partial charge in [-0.3, -0.25) is 14.4 Å². The number of hydrogen-bond acceptors (Lipinski definition) is 3. The quantitative estimate of drug-likeness (QED) is 0.484. The van der Waals surface area contributed by atoms with Crippen molar-refractivity contribution >= 4 is 56.9 Å². The third-order valence-electron chi connectivity index (χ3n) is 4.03. The first kappa shape index (κ1) is 23.2. The molecule has 0 aromatic heterocycles. The smallest absolute Gasteiger partial charge is 0.303 e. The average molecular weight is 502 g/mol. The van der Waals surface area contributed by atoms with E-state index in [-0.39, 0.29) is 31.7 Å². The van der Waals surface area contributed by atoms with Crippen molar-refractivity contribution in [1.29, 1.82) is 0 Å². The molecule has 0 bridgehead atoms. The fourth-order valence-corrected chi connectivity index (χ4v) is 3.12. The molecule has 0 spiro atoms. The number of carboxylic acids is 1. The van der Waals surface area contributed by atoms with E-state index in [0.717, 1.165) is 15.6 Å². The van der Waals surface area contributed by atoms with Gasteiger partial charge in [-0.25, -0.2) is 0 Å². The van der Waals surface area contributed by atoms with E-state index in [9.17, 15) is 14.4 Å². The molecule has 0 radical (unpaired) electrons. The molecule has 0 saturated heterocycles. The summed E-state index contributed by atoms with van der Waals surface area (Å²) in [6, 6.07) is 11.2. The fourth-order valence-electron chi connectivity index (χ4n) is 2.53. The zero-order valence-corrected chi connectivity index (χ0v) is 18.4. The van der Waals surface area contributed by atoms with E-state index >= 15 is 0 Å². The van der Waals surface area contributed by atoms with E-state index in [2.05, 4.69) is 26.6 Å². The highest BCUT2D eigenvalue weighted by molar-refractivity contribution is 9.10. The minimum atomic E-state index is -1.05. The van der Waals surface area contributed by atoms with Crippen LogP contribution >= 0.6 is 39.1 Å². The van der Waals surface area contributed by atoms with Gasteiger partial charge in [0.25, 0.3) is 0 Å². The van der Waals surface area contributed by atoms with E-state index in [1.165, 1.54) is 0 Å². The fraction of sp³-hybridized carbons (Fsp3) is 0.250. The number of carbonyl (C=O) groups excluding carboxylic acids is 2. The lowest BCUT2D eigenvalue weighted by Gasteiger charge is -2.18. The summed E-state index contributed by atoms with van der Waals surface area (Å²) in [5.41, 5.74) is 1.50. The SMILES string of the molecule is O=C(O)CC[C@H](NC(=O)Cc1ccc(Br)cc1)C(=O)NCc1ccc(Cl)c(Cl)c1. The highest BCUT2D eigenvalue weighted by Gasteiger charge is 2.21. The van der Waals surface area contributed by atoms with Gasteiger partial charge in [0.2, 0.25) is 11.8 Å². The predicted octanol–water partition coefficient (Wildman–Crippen LogP) is 3.96. The second kappa shape index (κ2) is 11.2. The summed E-state index contributed by atoms with van der Waals surface area (Å²) in [5.74, 6) is -1.89. The van der Waals surface area contributed by atoms with Crippen LogP contribution < -0.4 is 10.6 Å². The van der Waals surface area contributed by atoms with Gasteiger partial charge in [0.15, 0.2) is 0 Å². The highest BCUT2D eigenvalue weighted by Crippen LogP contribution is 2.22. The van der Waals surface area contributed by atoms with Crippen molar-refractivity contribution in [3.63, 3.8) is 0 Å². The van der Waals surface area contributed by atoms with Gasteiger partial charge in [-0.1, -0.05) is 57.3 Å². The molecular weight excluding hydrogens is 483 g/mol. The third kappa shape index (κ3) is 8.04. The second-order valence-corrected chi connectivity index (χ2v) is 8.05. The summed E-state index contributed by atoms with van der Waals surface area (Å²) in [4.78, 5) is 35.8. The summed E-state index contributed by atoms with van der Waals surface area (Å²) < 4.78 is 0.891. The number of nitrogens with one attached hydrogen (secondary N) is 2. The topological polar surface area (TPSA) is 95.5 Å². The highest BCUT2D eigenvalue weighted by atomic mass is 79.9. The predicted molar refractivity (Wildman–Crippen MR) is 115 cm³/mol. The maximum absolute atomic E-state index is 12.5. The maximum atomic E-state index is 12.5. The van der Waals surface area contributed by atoms with Crippen LogP contribution in [0.5, 0.6) is 0 Å². The monoisotopic (exact) mass is 500 g/mol. The molecule has 2 aromatic carbocycles. The molecule has 0 saturated carbocycles. The van der Waals surface area contributed by atoms with Gasteiger partial charge >= 0.3 is 5.97 Å². The Morgan fingerprint density at radius 2 is 1.66 bits per heavy atom. The van der Waals surface area contributed by atoms with Crippen molar-refractivity contribution in [1.82, 2.24) is 10.6 Å². The van der Waals surface area contributed by atoms with Crippen molar-refractivity contribution < 1.29 is 19.5 Å². The third-order valence-corrected chi connectivity index (χ3v) is 5.29. The van der Waals surface area contributed by atoms with E-state index in [1.54, 1.807) is 30.3 Å². The molecule has 2 aromatic rings. The first-order valence-corrected chi connectivity index (χ1v) is 10.3. The molecule has 9 heteroatoms. The van der Waals surface area contributed by atoms with Gasteiger partial charge in [-0.15, -0.1) is 0 Å². The van der Waals surface area contributed by atoms with Crippen LogP contribution in [0.15, 0.2) is 46.9 Å². The largest absolute Gasteiger partial charge is 0.481 e. The van der Waals surface area contributed by atoms with Crippen LogP contribution in [0.3, 0.4) is 0 Å². The normalized spacial score (nSPS) is 11.6. The van der Waals surface area contributed by atoms with Crippen molar-refractivity contribution in [3.05, 3.63) is 68.1 Å². The number of carbonyl (C=O) groups is 3. The standard InChI is InChI=1S/C20H19BrCl2N2O4/c21-14-4-1-12(2-5-14)10-18(26)25-17(7-8-19(27)28)20(29)24-11-13-3-6-15(22)16(23)9-13/h1-6,9,17H,7-8,10-11H2,(H,24,29)(H,25,26)(H,27,28)/t17-/m0/s1. The number of rotatable bonds is 9. The number of aliphatic carboxylic acids is 1. The minimum absolute atomic E-state index is 0.0192. The lowest BCUT2D eigenvalue weighted by atomic mass is 10.1. The van der Waals surface area contributed by atoms with Gasteiger partial charge in [0, 0.05) is 17.4 Å². The van der Waals surface area contributed by atoms with Crippen LogP contribution in [0.4, 0.5) is 0 Å². The zero-order chi connectivity index (χ0) is 21.4. The Bertz CT molecular complexity index is 891. The molecule has 0 aliphatic rings. The maximum Gasteiger partial charge on any atom is 0.303 e. The van der Waals surface area contributed by atoms with Crippen molar-refractivity contribution in [3.8, 4) is 0 Å². The molecule has 2 amide bonds. The van der Waals surface area contributed by atoms with Crippen LogP contribution in [-0.4, -0.2) is 28.9 Å². The Morgan fingerprint density at radius 1 is 1.00 bits per heavy atom. The number of benzene rings is 2. The van der Waals surface area contributed by atoms with Crippen LogP contribution in [-0.2, 0) is 27.3 Å². The first-order chi connectivity index (χ1) is 13.7. The summed E-state index contributed by atoms with van der Waals surface area (Å²) in [5, 5.41) is 15.0. The summed E-state index contributed by atoms with van der Waals surface area (Å²) in [6.45, 7) is 0.169. The van der Waals surface area contributed by atoms with Crippen LogP contribution in [0.1, 0.15) is 24.0 Å².